The fourth-order valence-electron chi connectivity index (χ4n) is 2.85. The molecule has 0 heterocycles. The van der Waals surface area contributed by atoms with Crippen molar-refractivity contribution in [2.45, 2.75) is 26.2 Å². The lowest BCUT2D eigenvalue weighted by molar-refractivity contribution is -0.141. The number of hydrogen-bond donors (Lipinski definition) is 2. The van der Waals surface area contributed by atoms with Gasteiger partial charge in [-0.3, -0.25) is 9.59 Å². The van der Waals surface area contributed by atoms with Crippen LogP contribution in [0.5, 0.6) is 5.75 Å². The summed E-state index contributed by atoms with van der Waals surface area (Å²) in [6.07, 6.45) is 1.28. The van der Waals surface area contributed by atoms with Crippen LogP contribution in [0.1, 0.15) is 23.1 Å². The second-order valence-corrected chi connectivity index (χ2v) is 6.28. The van der Waals surface area contributed by atoms with E-state index in [1.54, 1.807) is 13.2 Å². The molecule has 2 N–H and O–H groups in total. The Bertz CT molecular complexity index is 757. The van der Waals surface area contributed by atoms with Crippen molar-refractivity contribution in [2.75, 3.05) is 13.7 Å². The van der Waals surface area contributed by atoms with Gasteiger partial charge in [0.15, 0.2) is 0 Å². The van der Waals surface area contributed by atoms with Gasteiger partial charge in [-0.1, -0.05) is 42.5 Å². The third-order valence-electron chi connectivity index (χ3n) is 4.44. The molecule has 0 aliphatic carbocycles. The highest BCUT2D eigenvalue weighted by atomic mass is 16.5. The van der Waals surface area contributed by atoms with Crippen molar-refractivity contribution in [3.8, 4) is 5.75 Å². The van der Waals surface area contributed by atoms with Gasteiger partial charge in [0, 0.05) is 13.0 Å². The second-order valence-electron chi connectivity index (χ2n) is 6.28. The number of nitrogens with one attached hydrogen (secondary N) is 1. The third kappa shape index (κ3) is 5.62. The third-order valence-corrected chi connectivity index (χ3v) is 4.44. The highest BCUT2D eigenvalue weighted by molar-refractivity contribution is 5.77. The van der Waals surface area contributed by atoms with Gasteiger partial charge >= 0.3 is 5.97 Å². The molecule has 1 atom stereocenters. The van der Waals surface area contributed by atoms with E-state index >= 15 is 0 Å². The van der Waals surface area contributed by atoms with E-state index in [0.717, 1.165) is 16.7 Å². The number of benzene rings is 2. The molecular formula is C21H25NO4. The Hall–Kier alpha value is -2.82. The number of ether oxygens (including phenoxy) is 1. The summed E-state index contributed by atoms with van der Waals surface area (Å²) in [4.78, 5) is 23.6. The molecule has 0 saturated carbocycles. The molecule has 1 amide bonds. The first kappa shape index (κ1) is 19.5. The van der Waals surface area contributed by atoms with E-state index in [9.17, 15) is 14.7 Å². The summed E-state index contributed by atoms with van der Waals surface area (Å²) in [5.41, 5.74) is 3.10. The number of para-hydroxylation sites is 1. The first-order valence-electron chi connectivity index (χ1n) is 8.67. The molecule has 0 radical (unpaired) electrons. The lowest BCUT2D eigenvalue weighted by Gasteiger charge is -2.15. The molecule has 1 unspecified atom stereocenters. The number of aliphatic carboxylic acids is 1. The van der Waals surface area contributed by atoms with Crippen LogP contribution in [0.15, 0.2) is 48.5 Å². The zero-order valence-electron chi connectivity index (χ0n) is 15.2. The molecule has 26 heavy (non-hydrogen) atoms. The molecule has 0 fully saturated rings. The topological polar surface area (TPSA) is 75.6 Å². The molecule has 0 spiro atoms. The standard InChI is InChI=1S/C21H25NO4/c1-15-7-3-4-8-16(15)11-12-20(23)22-14-18(21(24)25)13-17-9-5-6-10-19(17)26-2/h3-10,18H,11-14H2,1-2H3,(H,22,23)(H,24,25). The van der Waals surface area contributed by atoms with Gasteiger partial charge in [0.05, 0.1) is 13.0 Å². The number of aryl methyl sites for hydroxylation is 2. The van der Waals surface area contributed by atoms with Crippen LogP contribution in [0.25, 0.3) is 0 Å². The van der Waals surface area contributed by atoms with Crippen LogP contribution < -0.4 is 10.1 Å². The molecule has 2 aromatic carbocycles. The van der Waals surface area contributed by atoms with Gasteiger partial charge in [-0.05, 0) is 42.5 Å². The number of carbonyl (C=O) groups is 2. The van der Waals surface area contributed by atoms with Gasteiger partial charge in [0.2, 0.25) is 5.91 Å². The molecule has 5 heteroatoms. The molecule has 5 nitrogen and oxygen atoms in total. The molecule has 0 saturated heterocycles. The summed E-state index contributed by atoms with van der Waals surface area (Å²) in [6, 6.07) is 15.3. The van der Waals surface area contributed by atoms with Crippen LogP contribution in [-0.4, -0.2) is 30.6 Å². The van der Waals surface area contributed by atoms with Gasteiger partial charge in [0.1, 0.15) is 5.75 Å². The van der Waals surface area contributed by atoms with Crippen LogP contribution in [0.4, 0.5) is 0 Å². The molecular weight excluding hydrogens is 330 g/mol. The lowest BCUT2D eigenvalue weighted by atomic mass is 9.98. The fourth-order valence-corrected chi connectivity index (χ4v) is 2.85. The number of amides is 1. The summed E-state index contributed by atoms with van der Waals surface area (Å²) in [6.45, 7) is 2.11. The normalized spacial score (nSPS) is 11.6. The van der Waals surface area contributed by atoms with Crippen LogP contribution in [-0.2, 0) is 22.4 Å². The quantitative estimate of drug-likeness (QED) is 0.725. The number of carbonyl (C=O) groups excluding carboxylic acids is 1. The smallest absolute Gasteiger partial charge is 0.308 e. The van der Waals surface area contributed by atoms with E-state index in [4.69, 9.17) is 4.74 Å². The molecule has 138 valence electrons. The van der Waals surface area contributed by atoms with Crippen molar-refractivity contribution >= 4 is 11.9 Å². The van der Waals surface area contributed by atoms with Crippen molar-refractivity contribution < 1.29 is 19.4 Å². The van der Waals surface area contributed by atoms with Crippen molar-refractivity contribution in [2.24, 2.45) is 5.92 Å². The number of rotatable bonds is 9. The predicted molar refractivity (Wildman–Crippen MR) is 100 cm³/mol. The van der Waals surface area contributed by atoms with Crippen LogP contribution in [0.2, 0.25) is 0 Å². The van der Waals surface area contributed by atoms with E-state index in [0.29, 0.717) is 25.0 Å². The predicted octanol–water partition coefficient (Wildman–Crippen LogP) is 3.00. The molecule has 0 bridgehead atoms. The summed E-state index contributed by atoms with van der Waals surface area (Å²) < 4.78 is 5.27. The minimum Gasteiger partial charge on any atom is -0.496 e. The molecule has 0 aromatic heterocycles. The maximum atomic E-state index is 12.1. The number of carboxylic acids is 1. The lowest BCUT2D eigenvalue weighted by Crippen LogP contribution is -2.34. The fraction of sp³-hybridized carbons (Fsp3) is 0.333. The SMILES string of the molecule is COc1ccccc1CC(CNC(=O)CCc1ccccc1C)C(=O)O. The Morgan fingerprint density at radius 3 is 2.38 bits per heavy atom. The summed E-state index contributed by atoms with van der Waals surface area (Å²) >= 11 is 0. The molecule has 2 aromatic rings. The Labute approximate surface area is 154 Å². The maximum Gasteiger partial charge on any atom is 0.308 e. The highest BCUT2D eigenvalue weighted by Gasteiger charge is 2.20. The monoisotopic (exact) mass is 355 g/mol. The number of methoxy groups -OCH3 is 1. The zero-order valence-corrected chi connectivity index (χ0v) is 15.2. The Morgan fingerprint density at radius 2 is 1.73 bits per heavy atom. The van der Waals surface area contributed by atoms with Crippen LogP contribution >= 0.6 is 0 Å². The average molecular weight is 355 g/mol. The van der Waals surface area contributed by atoms with Crippen LogP contribution in [0.3, 0.4) is 0 Å². The van der Waals surface area contributed by atoms with Gasteiger partial charge in [-0.2, -0.15) is 0 Å². The molecule has 2 rings (SSSR count). The van der Waals surface area contributed by atoms with Gasteiger partial charge in [-0.25, -0.2) is 0 Å². The van der Waals surface area contributed by atoms with E-state index in [2.05, 4.69) is 5.32 Å². The largest absolute Gasteiger partial charge is 0.496 e. The molecule has 0 aliphatic rings. The van der Waals surface area contributed by atoms with E-state index in [-0.39, 0.29) is 12.5 Å². The first-order valence-corrected chi connectivity index (χ1v) is 8.67. The van der Waals surface area contributed by atoms with Crippen molar-refractivity contribution in [1.82, 2.24) is 5.32 Å². The van der Waals surface area contributed by atoms with E-state index in [1.165, 1.54) is 0 Å². The maximum absolute atomic E-state index is 12.1. The van der Waals surface area contributed by atoms with E-state index in [1.807, 2.05) is 49.4 Å². The van der Waals surface area contributed by atoms with Gasteiger partial charge in [-0.15, -0.1) is 0 Å². The Kier molecular flexibility index (Phi) is 7.21. The van der Waals surface area contributed by atoms with E-state index < -0.39 is 11.9 Å². The zero-order chi connectivity index (χ0) is 18.9. The Balaban J connectivity index is 1.89. The molecule has 0 aliphatic heterocycles. The average Bonchev–Trinajstić information content (AvgIpc) is 2.64. The minimum atomic E-state index is -0.935. The van der Waals surface area contributed by atoms with Gasteiger partial charge < -0.3 is 15.2 Å². The minimum absolute atomic E-state index is 0.0972. The second kappa shape index (κ2) is 9.61. The summed E-state index contributed by atoms with van der Waals surface area (Å²) in [5, 5.41) is 12.2. The van der Waals surface area contributed by atoms with Crippen molar-refractivity contribution in [1.29, 1.82) is 0 Å². The van der Waals surface area contributed by atoms with Crippen molar-refractivity contribution in [3.05, 3.63) is 65.2 Å². The van der Waals surface area contributed by atoms with Crippen LogP contribution in [0, 0.1) is 12.8 Å². The highest BCUT2D eigenvalue weighted by Crippen LogP contribution is 2.21. The van der Waals surface area contributed by atoms with Gasteiger partial charge in [0.25, 0.3) is 0 Å². The first-order chi connectivity index (χ1) is 12.5. The number of carboxylic acid groups (broad SMARTS) is 1. The van der Waals surface area contributed by atoms with Crippen molar-refractivity contribution in [3.63, 3.8) is 0 Å². The number of hydrogen-bond acceptors (Lipinski definition) is 3. The summed E-state index contributed by atoms with van der Waals surface area (Å²) in [7, 11) is 1.56. The summed E-state index contributed by atoms with van der Waals surface area (Å²) in [5.74, 6) is -1.12. The Morgan fingerprint density at radius 1 is 1.08 bits per heavy atom.